The van der Waals surface area contributed by atoms with Crippen LogP contribution in [0.5, 0.6) is 11.5 Å². The monoisotopic (exact) mass is 246 g/mol. The quantitative estimate of drug-likeness (QED) is 0.895. The normalized spacial score (nSPS) is 13.6. The average Bonchev–Trinajstić information content (AvgIpc) is 2.87. The molecule has 18 heavy (non-hydrogen) atoms. The molecule has 0 saturated carbocycles. The molecular formula is C13H14N2O3. The number of aromatic nitrogens is 1. The van der Waals surface area contributed by atoms with E-state index in [1.807, 2.05) is 25.2 Å². The Morgan fingerprint density at radius 2 is 2.17 bits per heavy atom. The standard InChI is InChI=1S/C13H14N2O3/c1-14-7-10-12(18-8-15-10)9-3-2-4-11-13(9)17-6-5-16-11/h2-4,8,14H,5-7H2,1H3. The Bertz CT molecular complexity index is 551. The van der Waals surface area contributed by atoms with Crippen LogP contribution in [0.3, 0.4) is 0 Å². The fourth-order valence-electron chi connectivity index (χ4n) is 2.03. The summed E-state index contributed by atoms with van der Waals surface area (Å²) in [6.45, 7) is 1.78. The largest absolute Gasteiger partial charge is 0.486 e. The summed E-state index contributed by atoms with van der Waals surface area (Å²) >= 11 is 0. The molecule has 0 aliphatic carbocycles. The van der Waals surface area contributed by atoms with Crippen molar-refractivity contribution in [1.29, 1.82) is 0 Å². The van der Waals surface area contributed by atoms with Crippen LogP contribution in [0.2, 0.25) is 0 Å². The van der Waals surface area contributed by atoms with Gasteiger partial charge in [-0.2, -0.15) is 0 Å². The predicted molar refractivity (Wildman–Crippen MR) is 65.7 cm³/mol. The van der Waals surface area contributed by atoms with Crippen LogP contribution < -0.4 is 14.8 Å². The molecule has 1 aromatic heterocycles. The zero-order valence-electron chi connectivity index (χ0n) is 10.1. The number of benzene rings is 1. The van der Waals surface area contributed by atoms with Crippen molar-refractivity contribution in [3.63, 3.8) is 0 Å². The maximum atomic E-state index is 5.68. The highest BCUT2D eigenvalue weighted by Gasteiger charge is 2.21. The maximum absolute atomic E-state index is 5.68. The number of hydrogen-bond donors (Lipinski definition) is 1. The number of hydrogen-bond acceptors (Lipinski definition) is 5. The molecule has 0 atom stereocenters. The van der Waals surface area contributed by atoms with Gasteiger partial charge in [0.2, 0.25) is 0 Å². The Hall–Kier alpha value is -2.01. The third-order valence-corrected chi connectivity index (χ3v) is 2.80. The van der Waals surface area contributed by atoms with Crippen LogP contribution >= 0.6 is 0 Å². The topological polar surface area (TPSA) is 56.5 Å². The van der Waals surface area contributed by atoms with Gasteiger partial charge < -0.3 is 19.2 Å². The van der Waals surface area contributed by atoms with Gasteiger partial charge in [0.25, 0.3) is 0 Å². The first-order valence-electron chi connectivity index (χ1n) is 5.86. The van der Waals surface area contributed by atoms with Gasteiger partial charge in [0.15, 0.2) is 23.7 Å². The Balaban J connectivity index is 2.08. The van der Waals surface area contributed by atoms with Crippen LogP contribution in [0.25, 0.3) is 11.3 Å². The number of rotatable bonds is 3. The molecule has 2 aromatic rings. The minimum atomic E-state index is 0.555. The van der Waals surface area contributed by atoms with Gasteiger partial charge in [-0.3, -0.25) is 0 Å². The van der Waals surface area contributed by atoms with Gasteiger partial charge in [0.05, 0.1) is 5.56 Å². The molecule has 1 aliphatic rings. The van der Waals surface area contributed by atoms with Crippen molar-refractivity contribution in [1.82, 2.24) is 10.3 Å². The van der Waals surface area contributed by atoms with Crippen molar-refractivity contribution in [2.75, 3.05) is 20.3 Å². The lowest BCUT2D eigenvalue weighted by Gasteiger charge is -2.20. The Labute approximate surface area is 105 Å². The summed E-state index contributed by atoms with van der Waals surface area (Å²) in [5.41, 5.74) is 1.75. The molecule has 1 aromatic carbocycles. The number of nitrogens with zero attached hydrogens (tertiary/aromatic N) is 1. The zero-order valence-corrected chi connectivity index (χ0v) is 10.1. The molecule has 2 heterocycles. The molecule has 0 saturated heterocycles. The summed E-state index contributed by atoms with van der Waals surface area (Å²) in [6, 6.07) is 5.77. The van der Waals surface area contributed by atoms with E-state index in [2.05, 4.69) is 10.3 Å². The minimum Gasteiger partial charge on any atom is -0.486 e. The second kappa shape index (κ2) is 4.70. The van der Waals surface area contributed by atoms with E-state index < -0.39 is 0 Å². The first kappa shape index (κ1) is 11.1. The lowest BCUT2D eigenvalue weighted by molar-refractivity contribution is 0.172. The van der Waals surface area contributed by atoms with Gasteiger partial charge in [0.1, 0.15) is 18.9 Å². The van der Waals surface area contributed by atoms with E-state index in [1.54, 1.807) is 0 Å². The lowest BCUT2D eigenvalue weighted by Crippen LogP contribution is -2.16. The summed E-state index contributed by atoms with van der Waals surface area (Å²) in [7, 11) is 1.87. The second-order valence-corrected chi connectivity index (χ2v) is 3.99. The Morgan fingerprint density at radius 3 is 3.06 bits per heavy atom. The molecule has 1 aliphatic heterocycles. The Kier molecular flexibility index (Phi) is 2.90. The third-order valence-electron chi connectivity index (χ3n) is 2.80. The molecular weight excluding hydrogens is 232 g/mol. The van der Waals surface area contributed by atoms with E-state index in [-0.39, 0.29) is 0 Å². The number of fused-ring (bicyclic) bond motifs is 1. The van der Waals surface area contributed by atoms with Crippen LogP contribution in [0, 0.1) is 0 Å². The zero-order chi connectivity index (χ0) is 12.4. The van der Waals surface area contributed by atoms with Gasteiger partial charge in [-0.1, -0.05) is 6.07 Å². The maximum Gasteiger partial charge on any atom is 0.181 e. The number of oxazole rings is 1. The summed E-state index contributed by atoms with van der Waals surface area (Å²) < 4.78 is 16.7. The van der Waals surface area contributed by atoms with E-state index in [0.717, 1.165) is 28.5 Å². The highest BCUT2D eigenvalue weighted by atomic mass is 16.6. The van der Waals surface area contributed by atoms with Crippen molar-refractivity contribution in [3.05, 3.63) is 30.3 Å². The fourth-order valence-corrected chi connectivity index (χ4v) is 2.03. The summed E-state index contributed by atoms with van der Waals surface area (Å²) in [6.07, 6.45) is 1.45. The summed E-state index contributed by atoms with van der Waals surface area (Å²) in [5, 5.41) is 3.07. The molecule has 5 nitrogen and oxygen atoms in total. The van der Waals surface area contributed by atoms with Crippen molar-refractivity contribution in [2.24, 2.45) is 0 Å². The van der Waals surface area contributed by atoms with Crippen LogP contribution in [-0.2, 0) is 6.54 Å². The second-order valence-electron chi connectivity index (χ2n) is 3.99. The van der Waals surface area contributed by atoms with E-state index >= 15 is 0 Å². The smallest absolute Gasteiger partial charge is 0.181 e. The van der Waals surface area contributed by atoms with Gasteiger partial charge >= 0.3 is 0 Å². The predicted octanol–water partition coefficient (Wildman–Crippen LogP) is 1.83. The molecule has 3 rings (SSSR count). The van der Waals surface area contributed by atoms with Crippen LogP contribution in [0.15, 0.2) is 29.0 Å². The molecule has 1 N–H and O–H groups in total. The summed E-state index contributed by atoms with van der Waals surface area (Å²) in [5.74, 6) is 2.22. The lowest BCUT2D eigenvalue weighted by atomic mass is 10.1. The van der Waals surface area contributed by atoms with Crippen LogP contribution in [0.1, 0.15) is 5.69 Å². The van der Waals surface area contributed by atoms with Crippen molar-refractivity contribution >= 4 is 0 Å². The van der Waals surface area contributed by atoms with E-state index in [1.165, 1.54) is 6.39 Å². The molecule has 0 spiro atoms. The van der Waals surface area contributed by atoms with E-state index in [0.29, 0.717) is 19.8 Å². The van der Waals surface area contributed by atoms with Crippen molar-refractivity contribution in [2.45, 2.75) is 6.54 Å². The number of para-hydroxylation sites is 1. The van der Waals surface area contributed by atoms with Gasteiger partial charge in [0, 0.05) is 6.54 Å². The molecule has 0 bridgehead atoms. The number of ether oxygens (including phenoxy) is 2. The molecule has 0 radical (unpaired) electrons. The number of nitrogens with one attached hydrogen (secondary N) is 1. The highest BCUT2D eigenvalue weighted by Crippen LogP contribution is 2.40. The van der Waals surface area contributed by atoms with Crippen LogP contribution in [-0.4, -0.2) is 25.2 Å². The fraction of sp³-hybridized carbons (Fsp3) is 0.308. The van der Waals surface area contributed by atoms with E-state index in [9.17, 15) is 0 Å². The molecule has 0 amide bonds. The highest BCUT2D eigenvalue weighted by molar-refractivity contribution is 5.71. The first-order valence-corrected chi connectivity index (χ1v) is 5.86. The average molecular weight is 246 g/mol. The van der Waals surface area contributed by atoms with Gasteiger partial charge in [-0.15, -0.1) is 0 Å². The molecule has 5 heteroatoms. The van der Waals surface area contributed by atoms with Crippen molar-refractivity contribution < 1.29 is 13.9 Å². The molecule has 94 valence electrons. The van der Waals surface area contributed by atoms with Gasteiger partial charge in [-0.05, 0) is 19.2 Å². The third kappa shape index (κ3) is 1.82. The SMILES string of the molecule is CNCc1ncoc1-c1cccc2c1OCCO2. The van der Waals surface area contributed by atoms with Crippen LogP contribution in [0.4, 0.5) is 0 Å². The summed E-state index contributed by atoms with van der Waals surface area (Å²) in [4.78, 5) is 4.21. The van der Waals surface area contributed by atoms with Crippen molar-refractivity contribution in [3.8, 4) is 22.8 Å². The Morgan fingerprint density at radius 1 is 1.28 bits per heavy atom. The molecule has 0 unspecified atom stereocenters. The minimum absolute atomic E-state index is 0.555. The first-order chi connectivity index (χ1) is 8.90. The van der Waals surface area contributed by atoms with E-state index in [4.69, 9.17) is 13.9 Å². The molecule has 0 fully saturated rings. The van der Waals surface area contributed by atoms with Gasteiger partial charge in [-0.25, -0.2) is 4.98 Å².